The van der Waals surface area contributed by atoms with E-state index in [0.717, 1.165) is 37.5 Å². The van der Waals surface area contributed by atoms with Crippen LogP contribution in [0, 0.1) is 6.92 Å². The highest BCUT2D eigenvalue weighted by molar-refractivity contribution is 6.03. The highest BCUT2D eigenvalue weighted by Crippen LogP contribution is 2.20. The summed E-state index contributed by atoms with van der Waals surface area (Å²) in [6.45, 7) is 3.79. The van der Waals surface area contributed by atoms with Crippen LogP contribution in [-0.4, -0.2) is 36.1 Å². The lowest BCUT2D eigenvalue weighted by atomic mass is 10.2. The minimum atomic E-state index is -0.230. The van der Waals surface area contributed by atoms with Gasteiger partial charge in [-0.2, -0.15) is 0 Å². The van der Waals surface area contributed by atoms with Gasteiger partial charge in [-0.25, -0.2) is 9.97 Å². The third-order valence-corrected chi connectivity index (χ3v) is 4.34. The maximum absolute atomic E-state index is 12.6. The summed E-state index contributed by atoms with van der Waals surface area (Å²) in [5, 5.41) is 2.88. The fourth-order valence-electron chi connectivity index (χ4n) is 3.00. The van der Waals surface area contributed by atoms with Crippen LogP contribution in [0.4, 0.5) is 11.5 Å². The van der Waals surface area contributed by atoms with Crippen LogP contribution in [0.3, 0.4) is 0 Å². The number of carbonyl (C=O) groups excluding carboxylic acids is 1. The quantitative estimate of drug-likeness (QED) is 0.923. The molecule has 0 radical (unpaired) electrons. The molecule has 1 aromatic carbocycles. The molecule has 2 aromatic rings. The number of nitrogens with one attached hydrogen (secondary N) is 1. The van der Waals surface area contributed by atoms with Gasteiger partial charge in [0.2, 0.25) is 0 Å². The number of nitrogens with zero attached hydrogens (tertiary/aromatic N) is 3. The minimum Gasteiger partial charge on any atom is -0.497 e. The molecule has 25 heavy (non-hydrogen) atoms. The number of hydrogen-bond donors (Lipinski definition) is 1. The van der Waals surface area contributed by atoms with Crippen molar-refractivity contribution in [2.75, 3.05) is 30.4 Å². The molecule has 3 rings (SSSR count). The molecule has 0 bridgehead atoms. The van der Waals surface area contributed by atoms with E-state index in [9.17, 15) is 4.79 Å². The van der Waals surface area contributed by atoms with Crippen molar-refractivity contribution in [3.63, 3.8) is 0 Å². The third-order valence-electron chi connectivity index (χ3n) is 4.34. The highest BCUT2D eigenvalue weighted by Gasteiger charge is 2.16. The first-order chi connectivity index (χ1) is 12.2. The molecule has 1 fully saturated rings. The van der Waals surface area contributed by atoms with Gasteiger partial charge in [0.05, 0.1) is 7.11 Å². The summed E-state index contributed by atoms with van der Waals surface area (Å²) in [4.78, 5) is 23.7. The molecule has 0 spiro atoms. The molecule has 6 nitrogen and oxygen atoms in total. The zero-order valence-electron chi connectivity index (χ0n) is 14.8. The Bertz CT molecular complexity index is 723. The Hall–Kier alpha value is -2.63. The lowest BCUT2D eigenvalue weighted by Gasteiger charge is -2.22. The SMILES string of the molecule is COc1ccc(NC(=O)c2cc(N3CCCCCC3)nc(C)n2)cc1. The second-order valence-electron chi connectivity index (χ2n) is 6.24. The first-order valence-corrected chi connectivity index (χ1v) is 8.72. The standard InChI is InChI=1S/C19H24N4O2/c1-14-20-17(13-18(21-14)23-11-5-3-4-6-12-23)19(24)22-15-7-9-16(25-2)10-8-15/h7-10,13H,3-6,11-12H2,1-2H3,(H,22,24). The van der Waals surface area contributed by atoms with Crippen LogP contribution in [0.15, 0.2) is 30.3 Å². The van der Waals surface area contributed by atoms with Crippen molar-refractivity contribution in [2.24, 2.45) is 0 Å². The minimum absolute atomic E-state index is 0.230. The Balaban J connectivity index is 1.77. The van der Waals surface area contributed by atoms with E-state index >= 15 is 0 Å². The Labute approximate surface area is 148 Å². The van der Waals surface area contributed by atoms with E-state index in [0.29, 0.717) is 17.2 Å². The van der Waals surface area contributed by atoms with Crippen LogP contribution in [-0.2, 0) is 0 Å². The van der Waals surface area contributed by atoms with Gasteiger partial charge in [-0.1, -0.05) is 12.8 Å². The van der Waals surface area contributed by atoms with Crippen LogP contribution in [0.25, 0.3) is 0 Å². The largest absolute Gasteiger partial charge is 0.497 e. The molecule has 1 aliphatic heterocycles. The lowest BCUT2D eigenvalue weighted by molar-refractivity contribution is 0.102. The number of amides is 1. The number of methoxy groups -OCH3 is 1. The average Bonchev–Trinajstić information content (AvgIpc) is 2.91. The maximum atomic E-state index is 12.6. The summed E-state index contributed by atoms with van der Waals surface area (Å²) in [6, 6.07) is 9.02. The van der Waals surface area contributed by atoms with E-state index in [4.69, 9.17) is 4.74 Å². The molecular weight excluding hydrogens is 316 g/mol. The van der Waals surface area contributed by atoms with Gasteiger partial charge in [-0.3, -0.25) is 4.79 Å². The van der Waals surface area contributed by atoms with E-state index < -0.39 is 0 Å². The number of ether oxygens (including phenoxy) is 1. The Morgan fingerprint density at radius 3 is 2.40 bits per heavy atom. The predicted molar refractivity (Wildman–Crippen MR) is 98.4 cm³/mol. The van der Waals surface area contributed by atoms with Gasteiger partial charge >= 0.3 is 0 Å². The second-order valence-corrected chi connectivity index (χ2v) is 6.24. The van der Waals surface area contributed by atoms with Crippen LogP contribution >= 0.6 is 0 Å². The van der Waals surface area contributed by atoms with E-state index in [1.807, 2.05) is 19.1 Å². The summed E-state index contributed by atoms with van der Waals surface area (Å²) < 4.78 is 5.13. The van der Waals surface area contributed by atoms with Gasteiger partial charge in [-0.05, 0) is 44.0 Å². The molecule has 1 aromatic heterocycles. The number of carbonyl (C=O) groups is 1. The molecule has 0 aliphatic carbocycles. The first kappa shape index (κ1) is 17.2. The van der Waals surface area contributed by atoms with Gasteiger partial charge in [-0.15, -0.1) is 0 Å². The van der Waals surface area contributed by atoms with Crippen molar-refractivity contribution >= 4 is 17.4 Å². The molecule has 6 heteroatoms. The third kappa shape index (κ3) is 4.47. The Morgan fingerprint density at radius 2 is 1.76 bits per heavy atom. The molecule has 0 unspecified atom stereocenters. The number of hydrogen-bond acceptors (Lipinski definition) is 5. The number of aromatic nitrogens is 2. The van der Waals surface area contributed by atoms with Crippen molar-refractivity contribution in [1.29, 1.82) is 0 Å². The molecule has 1 amide bonds. The Kier molecular flexibility index (Phi) is 5.48. The number of benzene rings is 1. The second kappa shape index (κ2) is 7.96. The van der Waals surface area contributed by atoms with Gasteiger partial charge in [0.25, 0.3) is 5.91 Å². The summed E-state index contributed by atoms with van der Waals surface area (Å²) in [7, 11) is 1.61. The normalized spacial score (nSPS) is 14.7. The molecule has 1 N–H and O–H groups in total. The topological polar surface area (TPSA) is 67.3 Å². The van der Waals surface area contributed by atoms with Gasteiger partial charge in [0, 0.05) is 24.8 Å². The van der Waals surface area contributed by atoms with Crippen molar-refractivity contribution in [1.82, 2.24) is 9.97 Å². The van der Waals surface area contributed by atoms with Crippen molar-refractivity contribution in [3.8, 4) is 5.75 Å². The molecule has 2 heterocycles. The average molecular weight is 340 g/mol. The number of aryl methyl sites for hydroxylation is 1. The monoisotopic (exact) mass is 340 g/mol. The summed E-state index contributed by atoms with van der Waals surface area (Å²) >= 11 is 0. The summed E-state index contributed by atoms with van der Waals surface area (Å²) in [5.74, 6) is 1.97. The first-order valence-electron chi connectivity index (χ1n) is 8.72. The summed E-state index contributed by atoms with van der Waals surface area (Å²) in [6.07, 6.45) is 4.84. The fraction of sp³-hybridized carbons (Fsp3) is 0.421. The van der Waals surface area contributed by atoms with E-state index in [-0.39, 0.29) is 5.91 Å². The Morgan fingerprint density at radius 1 is 1.08 bits per heavy atom. The lowest BCUT2D eigenvalue weighted by Crippen LogP contribution is -2.26. The van der Waals surface area contributed by atoms with Gasteiger partial charge in [0.1, 0.15) is 23.1 Å². The maximum Gasteiger partial charge on any atom is 0.274 e. The van der Waals surface area contributed by atoms with Crippen LogP contribution in [0.2, 0.25) is 0 Å². The van der Waals surface area contributed by atoms with Gasteiger partial charge in [0.15, 0.2) is 0 Å². The molecule has 1 saturated heterocycles. The van der Waals surface area contributed by atoms with Gasteiger partial charge < -0.3 is 15.0 Å². The number of rotatable bonds is 4. The molecule has 0 atom stereocenters. The van der Waals surface area contributed by atoms with Crippen LogP contribution in [0.1, 0.15) is 42.0 Å². The molecule has 132 valence electrons. The zero-order valence-corrected chi connectivity index (χ0v) is 14.8. The number of anilines is 2. The van der Waals surface area contributed by atoms with Crippen molar-refractivity contribution in [3.05, 3.63) is 41.9 Å². The summed E-state index contributed by atoms with van der Waals surface area (Å²) in [5.41, 5.74) is 1.10. The van der Waals surface area contributed by atoms with Crippen molar-refractivity contribution in [2.45, 2.75) is 32.6 Å². The zero-order chi connectivity index (χ0) is 17.6. The van der Waals surface area contributed by atoms with Crippen LogP contribution < -0.4 is 15.0 Å². The van der Waals surface area contributed by atoms with Crippen molar-refractivity contribution < 1.29 is 9.53 Å². The molecule has 1 aliphatic rings. The van der Waals surface area contributed by atoms with E-state index in [1.165, 1.54) is 12.8 Å². The fourth-order valence-corrected chi connectivity index (χ4v) is 3.00. The van der Waals surface area contributed by atoms with E-state index in [2.05, 4.69) is 20.2 Å². The molecule has 0 saturated carbocycles. The van der Waals surface area contributed by atoms with E-state index in [1.54, 1.807) is 25.3 Å². The predicted octanol–water partition coefficient (Wildman–Crippen LogP) is 3.43. The molecular formula is C19H24N4O2. The smallest absolute Gasteiger partial charge is 0.274 e. The highest BCUT2D eigenvalue weighted by atomic mass is 16.5. The van der Waals surface area contributed by atoms with Crippen LogP contribution in [0.5, 0.6) is 5.75 Å².